The molecule has 3 aromatic rings. The summed E-state index contributed by atoms with van der Waals surface area (Å²) in [7, 11) is 0. The number of aromatic nitrogens is 1. The molecule has 0 unspecified atom stereocenters. The van der Waals surface area contributed by atoms with Gasteiger partial charge in [-0.05, 0) is 29.7 Å². The van der Waals surface area contributed by atoms with Gasteiger partial charge in [0, 0.05) is 22.8 Å². The summed E-state index contributed by atoms with van der Waals surface area (Å²) in [6.07, 6.45) is 4.63. The molecule has 1 aromatic heterocycles. The Labute approximate surface area is 182 Å². The molecule has 0 atom stereocenters. The Morgan fingerprint density at radius 2 is 1.70 bits per heavy atom. The van der Waals surface area contributed by atoms with E-state index in [0.29, 0.717) is 0 Å². The maximum Gasteiger partial charge on any atom is 0.0901 e. The summed E-state index contributed by atoms with van der Waals surface area (Å²) in [5.41, 5.74) is 7.40. The standard InChI is InChI=1S/C26H25N3S/c1-19(29-17-24-26(18-29)30-20(2)27-24)16-28-14-13-23(21-9-5-3-6-10-21)15-25(28)22-11-7-4-8-12-22/h3-13,15H,1,14,16-18H2,2H3. The van der Waals surface area contributed by atoms with Crippen LogP contribution in [0.1, 0.15) is 26.7 Å². The second-order valence-corrected chi connectivity index (χ2v) is 9.11. The van der Waals surface area contributed by atoms with E-state index in [4.69, 9.17) is 0 Å². The van der Waals surface area contributed by atoms with E-state index in [-0.39, 0.29) is 0 Å². The average Bonchev–Trinajstić information content (AvgIpc) is 3.33. The minimum absolute atomic E-state index is 0.813. The van der Waals surface area contributed by atoms with Crippen LogP contribution in [0.5, 0.6) is 0 Å². The SMILES string of the molecule is C=C(CN1CC=C(c2ccccc2)C=C1c1ccccc1)N1Cc2nc(C)sc2C1. The van der Waals surface area contributed by atoms with Crippen LogP contribution in [0.25, 0.3) is 11.3 Å². The van der Waals surface area contributed by atoms with Crippen molar-refractivity contribution in [1.82, 2.24) is 14.8 Å². The predicted molar refractivity (Wildman–Crippen MR) is 126 cm³/mol. The first-order valence-corrected chi connectivity index (χ1v) is 11.1. The number of nitrogens with zero attached hydrogens (tertiary/aromatic N) is 3. The van der Waals surface area contributed by atoms with Gasteiger partial charge in [-0.1, -0.05) is 73.3 Å². The van der Waals surface area contributed by atoms with Crippen molar-refractivity contribution >= 4 is 22.6 Å². The average molecular weight is 412 g/mol. The molecule has 4 heteroatoms. The van der Waals surface area contributed by atoms with E-state index in [0.717, 1.165) is 36.9 Å². The first-order chi connectivity index (χ1) is 14.7. The number of thiazole rings is 1. The molecule has 30 heavy (non-hydrogen) atoms. The molecule has 0 saturated carbocycles. The van der Waals surface area contributed by atoms with E-state index >= 15 is 0 Å². The molecule has 0 spiro atoms. The molecule has 3 heterocycles. The second kappa shape index (κ2) is 7.96. The van der Waals surface area contributed by atoms with Gasteiger partial charge < -0.3 is 9.80 Å². The lowest BCUT2D eigenvalue weighted by Gasteiger charge is -2.33. The molecule has 2 aliphatic rings. The van der Waals surface area contributed by atoms with Crippen LogP contribution in [-0.2, 0) is 13.1 Å². The van der Waals surface area contributed by atoms with E-state index in [2.05, 4.69) is 101 Å². The zero-order valence-electron chi connectivity index (χ0n) is 17.2. The number of hydrogen-bond acceptors (Lipinski definition) is 4. The smallest absolute Gasteiger partial charge is 0.0901 e. The Morgan fingerprint density at radius 3 is 2.40 bits per heavy atom. The van der Waals surface area contributed by atoms with Crippen LogP contribution in [0.2, 0.25) is 0 Å². The van der Waals surface area contributed by atoms with Crippen molar-refractivity contribution in [2.24, 2.45) is 0 Å². The van der Waals surface area contributed by atoms with Gasteiger partial charge in [0.05, 0.1) is 30.3 Å². The van der Waals surface area contributed by atoms with Gasteiger partial charge in [0.15, 0.2) is 0 Å². The zero-order valence-corrected chi connectivity index (χ0v) is 18.0. The molecule has 5 rings (SSSR count). The molecule has 150 valence electrons. The Bertz CT molecular complexity index is 1100. The molecule has 0 radical (unpaired) electrons. The van der Waals surface area contributed by atoms with Crippen LogP contribution in [0.3, 0.4) is 0 Å². The topological polar surface area (TPSA) is 19.4 Å². The van der Waals surface area contributed by atoms with Crippen molar-refractivity contribution in [1.29, 1.82) is 0 Å². The maximum atomic E-state index is 4.68. The third-order valence-electron chi connectivity index (χ3n) is 5.72. The fraction of sp³-hybridized carbons (Fsp3) is 0.192. The Morgan fingerprint density at radius 1 is 1.00 bits per heavy atom. The highest BCUT2D eigenvalue weighted by molar-refractivity contribution is 7.11. The number of fused-ring (bicyclic) bond motifs is 1. The summed E-state index contributed by atoms with van der Waals surface area (Å²) in [4.78, 5) is 10.9. The van der Waals surface area contributed by atoms with Gasteiger partial charge >= 0.3 is 0 Å². The maximum absolute atomic E-state index is 4.68. The third kappa shape index (κ3) is 3.71. The number of allylic oxidation sites excluding steroid dienone is 2. The predicted octanol–water partition coefficient (Wildman–Crippen LogP) is 5.72. The number of rotatable bonds is 5. The molecule has 2 aliphatic heterocycles. The van der Waals surface area contributed by atoms with Crippen LogP contribution < -0.4 is 0 Å². The van der Waals surface area contributed by atoms with Gasteiger partial charge in [0.25, 0.3) is 0 Å². The molecule has 0 aliphatic carbocycles. The molecule has 0 bridgehead atoms. The second-order valence-electron chi connectivity index (χ2n) is 7.83. The van der Waals surface area contributed by atoms with Crippen LogP contribution in [0.15, 0.2) is 85.1 Å². The monoisotopic (exact) mass is 411 g/mol. The van der Waals surface area contributed by atoms with Gasteiger partial charge in [0.2, 0.25) is 0 Å². The summed E-state index contributed by atoms with van der Waals surface area (Å²) in [6.45, 7) is 10.0. The first-order valence-electron chi connectivity index (χ1n) is 10.3. The van der Waals surface area contributed by atoms with E-state index in [9.17, 15) is 0 Å². The minimum atomic E-state index is 0.813. The van der Waals surface area contributed by atoms with Gasteiger partial charge in [-0.15, -0.1) is 11.3 Å². The van der Waals surface area contributed by atoms with Crippen LogP contribution in [0.4, 0.5) is 0 Å². The number of hydrogen-bond donors (Lipinski definition) is 0. The largest absolute Gasteiger partial charge is 0.363 e. The van der Waals surface area contributed by atoms with Gasteiger partial charge in [-0.2, -0.15) is 0 Å². The van der Waals surface area contributed by atoms with Gasteiger partial charge in [-0.25, -0.2) is 4.98 Å². The highest BCUT2D eigenvalue weighted by Crippen LogP contribution is 2.33. The van der Waals surface area contributed by atoms with E-state index < -0.39 is 0 Å². The van der Waals surface area contributed by atoms with Gasteiger partial charge in [-0.3, -0.25) is 0 Å². The van der Waals surface area contributed by atoms with E-state index in [1.807, 2.05) is 11.3 Å². The van der Waals surface area contributed by atoms with E-state index in [1.54, 1.807) is 0 Å². The molecule has 0 fully saturated rings. The lowest BCUT2D eigenvalue weighted by Crippen LogP contribution is -2.31. The summed E-state index contributed by atoms with van der Waals surface area (Å²) < 4.78 is 0. The van der Waals surface area contributed by atoms with E-state index in [1.165, 1.54) is 33.0 Å². The minimum Gasteiger partial charge on any atom is -0.363 e. The van der Waals surface area contributed by atoms with Crippen molar-refractivity contribution in [3.05, 3.63) is 112 Å². The first kappa shape index (κ1) is 18.9. The lowest BCUT2D eigenvalue weighted by atomic mass is 9.98. The molecular formula is C26H25N3S. The molecule has 3 nitrogen and oxygen atoms in total. The summed E-state index contributed by atoms with van der Waals surface area (Å²) in [5.74, 6) is 0. The molecule has 0 amide bonds. The fourth-order valence-electron chi connectivity index (χ4n) is 4.17. The number of benzene rings is 2. The summed E-state index contributed by atoms with van der Waals surface area (Å²) >= 11 is 1.81. The highest BCUT2D eigenvalue weighted by atomic mass is 32.1. The van der Waals surface area contributed by atoms with Crippen molar-refractivity contribution in [3.63, 3.8) is 0 Å². The highest BCUT2D eigenvalue weighted by Gasteiger charge is 2.25. The molecular weight excluding hydrogens is 386 g/mol. The van der Waals surface area contributed by atoms with Crippen LogP contribution in [0, 0.1) is 6.92 Å². The zero-order chi connectivity index (χ0) is 20.5. The normalized spacial score (nSPS) is 15.6. The number of aryl methyl sites for hydroxylation is 1. The summed E-state index contributed by atoms with van der Waals surface area (Å²) in [6, 6.07) is 21.3. The van der Waals surface area contributed by atoms with Crippen LogP contribution in [-0.4, -0.2) is 27.9 Å². The molecule has 0 saturated heterocycles. The summed E-state index contributed by atoms with van der Waals surface area (Å²) in [5, 5.41) is 1.16. The van der Waals surface area contributed by atoms with Crippen molar-refractivity contribution < 1.29 is 0 Å². The molecule has 0 N–H and O–H groups in total. The van der Waals surface area contributed by atoms with Crippen molar-refractivity contribution in [2.45, 2.75) is 20.0 Å². The molecule has 2 aromatic carbocycles. The Balaban J connectivity index is 1.38. The fourth-order valence-corrected chi connectivity index (χ4v) is 5.13. The van der Waals surface area contributed by atoms with Gasteiger partial charge in [0.1, 0.15) is 0 Å². The Hall–Kier alpha value is -3.11. The quantitative estimate of drug-likeness (QED) is 0.535. The van der Waals surface area contributed by atoms with Crippen LogP contribution >= 0.6 is 11.3 Å². The third-order valence-corrected chi connectivity index (χ3v) is 6.72. The lowest BCUT2D eigenvalue weighted by molar-refractivity contribution is 0.319. The van der Waals surface area contributed by atoms with Crippen molar-refractivity contribution in [2.75, 3.05) is 13.1 Å². The van der Waals surface area contributed by atoms with Crippen molar-refractivity contribution in [3.8, 4) is 0 Å². The Kier molecular flexibility index (Phi) is 5.01.